The molecule has 1 aliphatic rings. The van der Waals surface area contributed by atoms with Crippen LogP contribution in [0.25, 0.3) is 0 Å². The summed E-state index contributed by atoms with van der Waals surface area (Å²) in [6.45, 7) is 1.43. The third kappa shape index (κ3) is 1.96. The van der Waals surface area contributed by atoms with Crippen LogP contribution < -0.4 is 10.6 Å². The van der Waals surface area contributed by atoms with Crippen LogP contribution in [0.2, 0.25) is 0 Å². The lowest BCUT2D eigenvalue weighted by Gasteiger charge is -2.29. The standard InChI is InChI=1S/C10H13F3N4O/c1-6-4-15-17-7(6)16-8(18)9(10(11,12)13)2-3-14-5-9/h4,14H,2-3,5H2,1H3,(H2,15,16,17,18). The maximum Gasteiger partial charge on any atom is 0.404 e. The summed E-state index contributed by atoms with van der Waals surface area (Å²) >= 11 is 0. The fraction of sp³-hybridized carbons (Fsp3) is 0.600. The Morgan fingerprint density at radius 2 is 2.28 bits per heavy atom. The SMILES string of the molecule is Cc1cn[nH]c1NC(=O)C1(C(F)(F)F)CCNC1. The molecule has 1 fully saturated rings. The average Bonchev–Trinajstić information content (AvgIpc) is 2.87. The zero-order valence-electron chi connectivity index (χ0n) is 9.69. The number of aromatic amines is 1. The summed E-state index contributed by atoms with van der Waals surface area (Å²) in [4.78, 5) is 11.9. The Kier molecular flexibility index (Phi) is 3.05. The maximum atomic E-state index is 13.1. The van der Waals surface area contributed by atoms with Gasteiger partial charge in [0.2, 0.25) is 5.91 Å². The van der Waals surface area contributed by atoms with E-state index in [1.165, 1.54) is 6.20 Å². The first-order valence-electron chi connectivity index (χ1n) is 5.46. The summed E-state index contributed by atoms with van der Waals surface area (Å²) in [7, 11) is 0. The molecule has 3 N–H and O–H groups in total. The zero-order chi connectivity index (χ0) is 13.4. The Bertz CT molecular complexity index is 448. The minimum Gasteiger partial charge on any atom is -0.315 e. The van der Waals surface area contributed by atoms with Crippen molar-refractivity contribution in [3.05, 3.63) is 11.8 Å². The first-order valence-corrected chi connectivity index (χ1v) is 5.46. The van der Waals surface area contributed by atoms with Crippen molar-refractivity contribution in [3.8, 4) is 0 Å². The van der Waals surface area contributed by atoms with E-state index in [0.717, 1.165) is 0 Å². The van der Waals surface area contributed by atoms with Crippen molar-refractivity contribution >= 4 is 11.7 Å². The van der Waals surface area contributed by atoms with Crippen LogP contribution >= 0.6 is 0 Å². The van der Waals surface area contributed by atoms with Crippen molar-refractivity contribution in [2.75, 3.05) is 18.4 Å². The number of hydrogen-bond acceptors (Lipinski definition) is 3. The number of aromatic nitrogens is 2. The van der Waals surface area contributed by atoms with Crippen LogP contribution in [0.15, 0.2) is 6.20 Å². The smallest absolute Gasteiger partial charge is 0.315 e. The molecule has 1 aliphatic heterocycles. The molecule has 18 heavy (non-hydrogen) atoms. The van der Waals surface area contributed by atoms with Crippen LogP contribution in [0.5, 0.6) is 0 Å². The van der Waals surface area contributed by atoms with Crippen molar-refractivity contribution in [3.63, 3.8) is 0 Å². The van der Waals surface area contributed by atoms with Gasteiger partial charge in [-0.05, 0) is 19.9 Å². The molecule has 0 radical (unpaired) electrons. The minimum absolute atomic E-state index is 0.175. The van der Waals surface area contributed by atoms with Gasteiger partial charge >= 0.3 is 6.18 Å². The Balaban J connectivity index is 2.23. The summed E-state index contributed by atoms with van der Waals surface area (Å²) in [5, 5.41) is 11.0. The molecule has 5 nitrogen and oxygen atoms in total. The number of halogens is 3. The number of carbonyl (C=O) groups is 1. The lowest BCUT2D eigenvalue weighted by atomic mass is 9.85. The van der Waals surface area contributed by atoms with Gasteiger partial charge in [-0.3, -0.25) is 9.89 Å². The summed E-state index contributed by atoms with van der Waals surface area (Å²) < 4.78 is 39.2. The Morgan fingerprint density at radius 1 is 1.56 bits per heavy atom. The van der Waals surface area contributed by atoms with E-state index in [1.54, 1.807) is 6.92 Å². The van der Waals surface area contributed by atoms with Gasteiger partial charge in [0, 0.05) is 12.1 Å². The molecule has 1 atom stereocenters. The molecule has 0 aromatic carbocycles. The summed E-state index contributed by atoms with van der Waals surface area (Å²) in [6, 6.07) is 0. The van der Waals surface area contributed by atoms with E-state index in [1.807, 2.05) is 0 Å². The normalized spacial score (nSPS) is 24.2. The predicted octanol–water partition coefficient (Wildman–Crippen LogP) is 1.20. The average molecular weight is 262 g/mol. The largest absolute Gasteiger partial charge is 0.404 e. The van der Waals surface area contributed by atoms with Gasteiger partial charge < -0.3 is 10.6 Å². The predicted molar refractivity (Wildman–Crippen MR) is 57.9 cm³/mol. The Morgan fingerprint density at radius 3 is 2.72 bits per heavy atom. The summed E-state index contributed by atoms with van der Waals surface area (Å²) in [5.41, 5.74) is -1.77. The van der Waals surface area contributed by atoms with Gasteiger partial charge in [0.15, 0.2) is 5.41 Å². The highest BCUT2D eigenvalue weighted by atomic mass is 19.4. The minimum atomic E-state index is -4.57. The van der Waals surface area contributed by atoms with E-state index in [4.69, 9.17) is 0 Å². The molecular formula is C10H13F3N4O. The number of H-pyrrole nitrogens is 1. The molecule has 1 saturated heterocycles. The number of hydrogen-bond donors (Lipinski definition) is 3. The number of rotatable bonds is 2. The maximum absolute atomic E-state index is 13.1. The fourth-order valence-corrected chi connectivity index (χ4v) is 1.96. The number of amides is 1. The highest BCUT2D eigenvalue weighted by Gasteiger charge is 2.61. The van der Waals surface area contributed by atoms with E-state index >= 15 is 0 Å². The number of carbonyl (C=O) groups excluding carboxylic acids is 1. The van der Waals surface area contributed by atoms with Crippen molar-refractivity contribution < 1.29 is 18.0 Å². The van der Waals surface area contributed by atoms with Gasteiger partial charge in [-0.1, -0.05) is 0 Å². The Labute approximate surface area is 101 Å². The Hall–Kier alpha value is -1.57. The van der Waals surface area contributed by atoms with Crippen molar-refractivity contribution in [2.45, 2.75) is 19.5 Å². The van der Waals surface area contributed by atoms with E-state index in [0.29, 0.717) is 5.56 Å². The molecule has 2 rings (SSSR count). The molecule has 1 aromatic heterocycles. The molecule has 0 bridgehead atoms. The molecular weight excluding hydrogens is 249 g/mol. The second-order valence-electron chi connectivity index (χ2n) is 4.39. The van der Waals surface area contributed by atoms with Gasteiger partial charge in [0.05, 0.1) is 6.20 Å². The molecule has 8 heteroatoms. The fourth-order valence-electron chi connectivity index (χ4n) is 1.96. The van der Waals surface area contributed by atoms with Crippen molar-refractivity contribution in [1.82, 2.24) is 15.5 Å². The molecule has 0 aliphatic carbocycles. The van der Waals surface area contributed by atoms with Crippen LogP contribution in [0.4, 0.5) is 19.0 Å². The van der Waals surface area contributed by atoms with Gasteiger partial charge in [-0.15, -0.1) is 0 Å². The van der Waals surface area contributed by atoms with Crippen LogP contribution in [-0.2, 0) is 4.79 Å². The molecule has 1 unspecified atom stereocenters. The zero-order valence-corrected chi connectivity index (χ0v) is 9.69. The highest BCUT2D eigenvalue weighted by Crippen LogP contribution is 2.43. The topological polar surface area (TPSA) is 69.8 Å². The first kappa shape index (κ1) is 12.9. The van der Waals surface area contributed by atoms with E-state index < -0.39 is 24.0 Å². The van der Waals surface area contributed by atoms with Gasteiger partial charge in [0.1, 0.15) is 5.82 Å². The number of nitrogens with one attached hydrogen (secondary N) is 3. The molecule has 100 valence electrons. The number of anilines is 1. The molecule has 2 heterocycles. The highest BCUT2D eigenvalue weighted by molar-refractivity contribution is 5.96. The first-order chi connectivity index (χ1) is 8.37. The third-order valence-corrected chi connectivity index (χ3v) is 3.20. The van der Waals surface area contributed by atoms with Crippen LogP contribution in [0.3, 0.4) is 0 Å². The van der Waals surface area contributed by atoms with Crippen LogP contribution in [0, 0.1) is 12.3 Å². The quantitative estimate of drug-likeness (QED) is 0.750. The van der Waals surface area contributed by atoms with E-state index in [-0.39, 0.29) is 18.8 Å². The lowest BCUT2D eigenvalue weighted by molar-refractivity contribution is -0.213. The van der Waals surface area contributed by atoms with Gasteiger partial charge in [-0.25, -0.2) is 0 Å². The van der Waals surface area contributed by atoms with E-state index in [9.17, 15) is 18.0 Å². The van der Waals surface area contributed by atoms with Crippen LogP contribution in [-0.4, -0.2) is 35.4 Å². The molecule has 0 spiro atoms. The van der Waals surface area contributed by atoms with Gasteiger partial charge in [-0.2, -0.15) is 18.3 Å². The summed E-state index contributed by atoms with van der Waals surface area (Å²) in [6.07, 6.45) is -3.40. The number of nitrogens with zero attached hydrogens (tertiary/aromatic N) is 1. The van der Waals surface area contributed by atoms with Crippen molar-refractivity contribution in [1.29, 1.82) is 0 Å². The third-order valence-electron chi connectivity index (χ3n) is 3.20. The second kappa shape index (κ2) is 4.27. The molecule has 0 saturated carbocycles. The second-order valence-corrected chi connectivity index (χ2v) is 4.39. The van der Waals surface area contributed by atoms with Crippen molar-refractivity contribution in [2.24, 2.45) is 5.41 Å². The molecule has 1 aromatic rings. The van der Waals surface area contributed by atoms with Gasteiger partial charge in [0.25, 0.3) is 0 Å². The molecule has 1 amide bonds. The number of alkyl halides is 3. The monoisotopic (exact) mass is 262 g/mol. The summed E-state index contributed by atoms with van der Waals surface area (Å²) in [5.74, 6) is -0.845. The van der Waals surface area contributed by atoms with Crippen LogP contribution in [0.1, 0.15) is 12.0 Å². The number of aryl methyl sites for hydroxylation is 1. The van der Waals surface area contributed by atoms with E-state index in [2.05, 4.69) is 20.8 Å². The lowest BCUT2D eigenvalue weighted by Crippen LogP contribution is -2.49.